The molecule has 0 aromatic heterocycles. The van der Waals surface area contributed by atoms with E-state index in [9.17, 15) is 4.79 Å². The summed E-state index contributed by atoms with van der Waals surface area (Å²) in [5, 5.41) is 3.37. The maximum atomic E-state index is 12.2. The number of nitrogens with one attached hydrogen (secondary N) is 1. The summed E-state index contributed by atoms with van der Waals surface area (Å²) in [6.07, 6.45) is 2.51. The van der Waals surface area contributed by atoms with Gasteiger partial charge in [-0.1, -0.05) is 29.8 Å². The van der Waals surface area contributed by atoms with Gasteiger partial charge in [0.15, 0.2) is 0 Å². The second-order valence-electron chi connectivity index (χ2n) is 6.21. The molecule has 1 aliphatic heterocycles. The number of rotatable bonds is 2. The fraction of sp³-hybridized carbons (Fsp3) is 0.278. The molecule has 5 heteroatoms. The van der Waals surface area contributed by atoms with Gasteiger partial charge in [0.1, 0.15) is 6.04 Å². The number of nitrogens with zero attached hydrogens (tertiary/aromatic N) is 1. The minimum atomic E-state index is -0.608. The Balaban J connectivity index is 1.82. The number of para-hydroxylation sites is 1. The molecule has 118 valence electrons. The van der Waals surface area contributed by atoms with Gasteiger partial charge in [-0.15, -0.1) is 0 Å². The Morgan fingerprint density at radius 3 is 2.74 bits per heavy atom. The van der Waals surface area contributed by atoms with Crippen LogP contribution in [-0.4, -0.2) is 18.5 Å². The molecule has 1 aliphatic carbocycles. The number of benzene rings is 2. The van der Waals surface area contributed by atoms with Gasteiger partial charge in [0, 0.05) is 12.2 Å². The quantitative estimate of drug-likeness (QED) is 0.885. The maximum absolute atomic E-state index is 12.2. The van der Waals surface area contributed by atoms with E-state index in [1.165, 1.54) is 18.4 Å². The zero-order valence-corrected chi connectivity index (χ0v) is 13.4. The molecule has 1 fully saturated rings. The molecule has 1 atom stereocenters. The van der Waals surface area contributed by atoms with Gasteiger partial charge in [0.25, 0.3) is 0 Å². The highest BCUT2D eigenvalue weighted by atomic mass is 35.5. The van der Waals surface area contributed by atoms with E-state index < -0.39 is 6.04 Å². The van der Waals surface area contributed by atoms with E-state index in [0.717, 1.165) is 11.4 Å². The molecule has 1 amide bonds. The number of hydrogen-bond acceptors (Lipinski definition) is 3. The Labute approximate surface area is 140 Å². The predicted octanol–water partition coefficient (Wildman–Crippen LogP) is 3.63. The standard InChI is InChI=1S/C18H18ClN3O/c19-14-5-2-6-16-17(14)21-18(23)15(20)10-22(16)13-4-1-3-12(9-13)11-7-8-11/h1-6,9,11,15H,7-8,10,20H2,(H,21,23). The van der Waals surface area contributed by atoms with Gasteiger partial charge >= 0.3 is 0 Å². The van der Waals surface area contributed by atoms with E-state index in [1.54, 1.807) is 6.07 Å². The van der Waals surface area contributed by atoms with Crippen molar-refractivity contribution in [2.75, 3.05) is 16.8 Å². The van der Waals surface area contributed by atoms with Crippen LogP contribution in [0.3, 0.4) is 0 Å². The van der Waals surface area contributed by atoms with Crippen molar-refractivity contribution >= 4 is 34.6 Å². The smallest absolute Gasteiger partial charge is 0.243 e. The topological polar surface area (TPSA) is 58.4 Å². The summed E-state index contributed by atoms with van der Waals surface area (Å²) in [4.78, 5) is 14.2. The van der Waals surface area contributed by atoms with Crippen molar-refractivity contribution in [3.63, 3.8) is 0 Å². The number of nitrogens with two attached hydrogens (primary N) is 1. The number of carbonyl (C=O) groups is 1. The first-order valence-electron chi connectivity index (χ1n) is 7.86. The average Bonchev–Trinajstić information content (AvgIpc) is 3.39. The molecule has 1 heterocycles. The van der Waals surface area contributed by atoms with E-state index in [4.69, 9.17) is 17.3 Å². The summed E-state index contributed by atoms with van der Waals surface area (Å²) in [6, 6.07) is 13.5. The van der Waals surface area contributed by atoms with Gasteiger partial charge < -0.3 is 16.0 Å². The number of halogens is 1. The molecular formula is C18H18ClN3O. The van der Waals surface area contributed by atoms with Crippen LogP contribution in [0.1, 0.15) is 24.3 Å². The van der Waals surface area contributed by atoms with Crippen molar-refractivity contribution in [1.82, 2.24) is 0 Å². The lowest BCUT2D eigenvalue weighted by atomic mass is 10.1. The second-order valence-corrected chi connectivity index (χ2v) is 6.62. The zero-order valence-electron chi connectivity index (χ0n) is 12.6. The van der Waals surface area contributed by atoms with E-state index >= 15 is 0 Å². The number of hydrogen-bond donors (Lipinski definition) is 2. The van der Waals surface area contributed by atoms with Crippen LogP contribution in [0, 0.1) is 0 Å². The predicted molar refractivity (Wildman–Crippen MR) is 93.5 cm³/mol. The molecule has 2 aliphatic rings. The molecule has 1 saturated carbocycles. The van der Waals surface area contributed by atoms with Crippen molar-refractivity contribution in [2.24, 2.45) is 5.73 Å². The highest BCUT2D eigenvalue weighted by Crippen LogP contribution is 2.43. The van der Waals surface area contributed by atoms with Crippen molar-refractivity contribution in [3.05, 3.63) is 53.1 Å². The molecule has 2 aromatic carbocycles. The van der Waals surface area contributed by atoms with Crippen molar-refractivity contribution < 1.29 is 4.79 Å². The Morgan fingerprint density at radius 2 is 1.96 bits per heavy atom. The molecular weight excluding hydrogens is 310 g/mol. The second kappa shape index (κ2) is 5.55. The van der Waals surface area contributed by atoms with E-state index in [1.807, 2.05) is 12.1 Å². The highest BCUT2D eigenvalue weighted by Gasteiger charge is 2.29. The van der Waals surface area contributed by atoms with Crippen molar-refractivity contribution in [1.29, 1.82) is 0 Å². The van der Waals surface area contributed by atoms with Crippen LogP contribution < -0.4 is 16.0 Å². The summed E-state index contributed by atoms with van der Waals surface area (Å²) in [5.74, 6) is 0.467. The molecule has 4 rings (SSSR count). The zero-order chi connectivity index (χ0) is 16.0. The van der Waals surface area contributed by atoms with Gasteiger partial charge in [-0.05, 0) is 48.6 Å². The lowest BCUT2D eigenvalue weighted by Crippen LogP contribution is -2.41. The summed E-state index contributed by atoms with van der Waals surface area (Å²) in [7, 11) is 0. The first-order chi connectivity index (χ1) is 11.1. The summed E-state index contributed by atoms with van der Waals surface area (Å²) >= 11 is 6.29. The van der Waals surface area contributed by atoms with Crippen LogP contribution in [0.2, 0.25) is 5.02 Å². The molecule has 0 spiro atoms. The first-order valence-corrected chi connectivity index (χ1v) is 8.24. The Hall–Kier alpha value is -2.04. The van der Waals surface area contributed by atoms with E-state index in [-0.39, 0.29) is 5.91 Å². The highest BCUT2D eigenvalue weighted by molar-refractivity contribution is 6.34. The van der Waals surface area contributed by atoms with Gasteiger partial charge in [-0.3, -0.25) is 4.79 Å². The SMILES string of the molecule is NC1CN(c2cccc(C3CC3)c2)c2cccc(Cl)c2NC1=O. The summed E-state index contributed by atoms with van der Waals surface area (Å²) < 4.78 is 0. The van der Waals surface area contributed by atoms with Gasteiger partial charge in [0.2, 0.25) is 5.91 Å². The number of anilines is 3. The normalized spacial score (nSPS) is 20.7. The first kappa shape index (κ1) is 14.5. The van der Waals surface area contributed by atoms with Crippen LogP contribution in [0.4, 0.5) is 17.1 Å². The minimum Gasteiger partial charge on any atom is -0.338 e. The third-order valence-corrected chi connectivity index (χ3v) is 4.79. The molecule has 1 unspecified atom stereocenters. The molecule has 0 radical (unpaired) electrons. The van der Waals surface area contributed by atoms with Crippen LogP contribution in [0.25, 0.3) is 0 Å². The van der Waals surface area contributed by atoms with E-state index in [2.05, 4.69) is 34.5 Å². The Morgan fingerprint density at radius 1 is 1.17 bits per heavy atom. The number of fused-ring (bicyclic) bond motifs is 1. The van der Waals surface area contributed by atoms with Gasteiger partial charge in [-0.25, -0.2) is 0 Å². The average molecular weight is 328 g/mol. The number of amides is 1. The molecule has 4 nitrogen and oxygen atoms in total. The lowest BCUT2D eigenvalue weighted by molar-refractivity contribution is -0.117. The lowest BCUT2D eigenvalue weighted by Gasteiger charge is -2.26. The van der Waals surface area contributed by atoms with Crippen molar-refractivity contribution in [2.45, 2.75) is 24.8 Å². The van der Waals surface area contributed by atoms with Crippen LogP contribution in [0.5, 0.6) is 0 Å². The summed E-state index contributed by atoms with van der Waals surface area (Å²) in [5.41, 5.74) is 9.96. The van der Waals surface area contributed by atoms with Crippen molar-refractivity contribution in [3.8, 4) is 0 Å². The number of carbonyl (C=O) groups excluding carboxylic acids is 1. The van der Waals surface area contributed by atoms with Crippen LogP contribution in [0.15, 0.2) is 42.5 Å². The molecule has 23 heavy (non-hydrogen) atoms. The summed E-state index contributed by atoms with van der Waals surface area (Å²) in [6.45, 7) is 0.424. The fourth-order valence-corrected chi connectivity index (χ4v) is 3.28. The fourth-order valence-electron chi connectivity index (χ4n) is 3.06. The third kappa shape index (κ3) is 2.69. The monoisotopic (exact) mass is 327 g/mol. The maximum Gasteiger partial charge on any atom is 0.243 e. The largest absolute Gasteiger partial charge is 0.338 e. The van der Waals surface area contributed by atoms with E-state index in [0.29, 0.717) is 23.2 Å². The molecule has 0 saturated heterocycles. The molecule has 3 N–H and O–H groups in total. The van der Waals surface area contributed by atoms with Gasteiger partial charge in [-0.2, -0.15) is 0 Å². The van der Waals surface area contributed by atoms with Gasteiger partial charge in [0.05, 0.1) is 16.4 Å². The molecule has 2 aromatic rings. The Kier molecular flexibility index (Phi) is 3.51. The van der Waals surface area contributed by atoms with Crippen LogP contribution >= 0.6 is 11.6 Å². The Bertz CT molecular complexity index is 773. The molecule has 0 bridgehead atoms. The minimum absolute atomic E-state index is 0.208. The third-order valence-electron chi connectivity index (χ3n) is 4.48. The van der Waals surface area contributed by atoms with Crippen LogP contribution in [-0.2, 0) is 4.79 Å².